The summed E-state index contributed by atoms with van der Waals surface area (Å²) in [6.07, 6.45) is 8.71. The first kappa shape index (κ1) is 16.1. The molecule has 1 aliphatic carbocycles. The van der Waals surface area contributed by atoms with Crippen LogP contribution in [0.1, 0.15) is 53.0 Å². The van der Waals surface area contributed by atoms with E-state index < -0.39 is 0 Å². The molecule has 0 bridgehead atoms. The van der Waals surface area contributed by atoms with Crippen LogP contribution in [0, 0.1) is 6.92 Å². The highest BCUT2D eigenvalue weighted by Gasteiger charge is 2.28. The van der Waals surface area contributed by atoms with Crippen LogP contribution in [-0.4, -0.2) is 33.4 Å². The third kappa shape index (κ3) is 3.36. The van der Waals surface area contributed by atoms with Gasteiger partial charge in [0.15, 0.2) is 0 Å². The molecule has 0 radical (unpaired) electrons. The van der Waals surface area contributed by atoms with Gasteiger partial charge in [-0.05, 0) is 37.0 Å². The maximum absolute atomic E-state index is 13.1. The minimum Gasteiger partial charge on any atom is -0.493 e. The third-order valence-electron chi connectivity index (χ3n) is 5.13. The molecule has 2 aliphatic rings. The van der Waals surface area contributed by atoms with Gasteiger partial charge in [0.25, 0.3) is 5.91 Å². The van der Waals surface area contributed by atoms with Gasteiger partial charge in [0.2, 0.25) is 0 Å². The van der Waals surface area contributed by atoms with Crippen LogP contribution in [0.3, 0.4) is 0 Å². The van der Waals surface area contributed by atoms with Crippen LogP contribution in [0.25, 0.3) is 0 Å². The molecule has 130 valence electrons. The molecule has 5 nitrogen and oxygen atoms in total. The van der Waals surface area contributed by atoms with E-state index in [1.54, 1.807) is 12.4 Å². The number of rotatable bonds is 4. The number of amides is 1. The van der Waals surface area contributed by atoms with Crippen molar-refractivity contribution in [2.45, 2.75) is 51.6 Å². The molecule has 5 heteroatoms. The van der Waals surface area contributed by atoms with Gasteiger partial charge in [0.1, 0.15) is 11.4 Å². The van der Waals surface area contributed by atoms with E-state index in [1.807, 2.05) is 17.9 Å². The molecule has 1 aliphatic heterocycles. The fourth-order valence-corrected chi connectivity index (χ4v) is 3.77. The molecule has 0 saturated heterocycles. The number of carbonyl (C=O) groups is 1. The SMILES string of the molecule is Cc1cnc(C(=O)N(Cc2ccc3c(c2)CCO3)C2CCCC2)cn1. The zero-order valence-electron chi connectivity index (χ0n) is 14.6. The first-order valence-corrected chi connectivity index (χ1v) is 9.05. The monoisotopic (exact) mass is 337 g/mol. The molecular formula is C20H23N3O2. The quantitative estimate of drug-likeness (QED) is 0.859. The average molecular weight is 337 g/mol. The number of ether oxygens (including phenoxy) is 1. The highest BCUT2D eigenvalue weighted by molar-refractivity contribution is 5.92. The number of hydrogen-bond donors (Lipinski definition) is 0. The van der Waals surface area contributed by atoms with E-state index in [1.165, 1.54) is 18.4 Å². The van der Waals surface area contributed by atoms with Crippen molar-refractivity contribution in [3.63, 3.8) is 0 Å². The van der Waals surface area contributed by atoms with Gasteiger partial charge in [0.05, 0.1) is 18.5 Å². The molecule has 4 rings (SSSR count). The summed E-state index contributed by atoms with van der Waals surface area (Å²) in [5, 5.41) is 0. The van der Waals surface area contributed by atoms with Gasteiger partial charge in [-0.2, -0.15) is 0 Å². The lowest BCUT2D eigenvalue weighted by Crippen LogP contribution is -2.38. The van der Waals surface area contributed by atoms with E-state index in [4.69, 9.17) is 4.74 Å². The molecule has 0 unspecified atom stereocenters. The predicted molar refractivity (Wildman–Crippen MR) is 94.5 cm³/mol. The molecule has 1 fully saturated rings. The smallest absolute Gasteiger partial charge is 0.274 e. The summed E-state index contributed by atoms with van der Waals surface area (Å²) in [6.45, 7) is 3.25. The molecule has 1 aromatic heterocycles. The van der Waals surface area contributed by atoms with Gasteiger partial charge < -0.3 is 9.64 Å². The summed E-state index contributed by atoms with van der Waals surface area (Å²) < 4.78 is 5.59. The Balaban J connectivity index is 1.59. The van der Waals surface area contributed by atoms with Crippen LogP contribution in [0.2, 0.25) is 0 Å². The Morgan fingerprint density at radius 3 is 2.84 bits per heavy atom. The van der Waals surface area contributed by atoms with Crippen molar-refractivity contribution in [3.05, 3.63) is 53.1 Å². The maximum Gasteiger partial charge on any atom is 0.274 e. The number of carbonyl (C=O) groups excluding carboxylic acids is 1. The Hall–Kier alpha value is -2.43. The highest BCUT2D eigenvalue weighted by atomic mass is 16.5. The third-order valence-corrected chi connectivity index (χ3v) is 5.13. The second-order valence-corrected chi connectivity index (χ2v) is 6.95. The lowest BCUT2D eigenvalue weighted by molar-refractivity contribution is 0.0658. The van der Waals surface area contributed by atoms with Crippen LogP contribution in [0.15, 0.2) is 30.6 Å². The number of benzene rings is 1. The normalized spacial score (nSPS) is 16.5. The Morgan fingerprint density at radius 1 is 1.24 bits per heavy atom. The van der Waals surface area contributed by atoms with E-state index >= 15 is 0 Å². The standard InChI is InChI=1S/C20H23N3O2/c1-14-11-22-18(12-21-14)20(24)23(17-4-2-3-5-17)13-15-6-7-19-16(10-15)8-9-25-19/h6-7,10-12,17H,2-5,8-9,13H2,1H3. The van der Waals surface area contributed by atoms with Crippen molar-refractivity contribution in [2.24, 2.45) is 0 Å². The van der Waals surface area contributed by atoms with Crippen LogP contribution >= 0.6 is 0 Å². The summed E-state index contributed by atoms with van der Waals surface area (Å²) in [5.74, 6) is 0.961. The summed E-state index contributed by atoms with van der Waals surface area (Å²) in [6, 6.07) is 6.57. The lowest BCUT2D eigenvalue weighted by atomic mass is 10.1. The van der Waals surface area contributed by atoms with Gasteiger partial charge in [-0.3, -0.25) is 9.78 Å². The first-order valence-electron chi connectivity index (χ1n) is 9.05. The number of hydrogen-bond acceptors (Lipinski definition) is 4. The number of aryl methyl sites for hydroxylation is 1. The molecule has 0 N–H and O–H groups in total. The van der Waals surface area contributed by atoms with Gasteiger partial charge in [-0.25, -0.2) is 4.98 Å². The second-order valence-electron chi connectivity index (χ2n) is 6.95. The van der Waals surface area contributed by atoms with Crippen LogP contribution < -0.4 is 4.74 Å². The molecule has 25 heavy (non-hydrogen) atoms. The molecule has 2 heterocycles. The first-order chi connectivity index (χ1) is 12.2. The van der Waals surface area contributed by atoms with Crippen LogP contribution in [0.4, 0.5) is 0 Å². The number of nitrogens with zero attached hydrogens (tertiary/aromatic N) is 3. The zero-order valence-corrected chi connectivity index (χ0v) is 14.6. The van der Waals surface area contributed by atoms with Gasteiger partial charge >= 0.3 is 0 Å². The van der Waals surface area contributed by atoms with Crippen LogP contribution in [0.5, 0.6) is 5.75 Å². The van der Waals surface area contributed by atoms with Crippen molar-refractivity contribution in [1.82, 2.24) is 14.9 Å². The Kier molecular flexibility index (Phi) is 4.38. The highest BCUT2D eigenvalue weighted by Crippen LogP contribution is 2.29. The number of fused-ring (bicyclic) bond motifs is 1. The fourth-order valence-electron chi connectivity index (χ4n) is 3.77. The van der Waals surface area contributed by atoms with Crippen molar-refractivity contribution < 1.29 is 9.53 Å². The zero-order chi connectivity index (χ0) is 17.2. The summed E-state index contributed by atoms with van der Waals surface area (Å²) in [5.41, 5.74) is 3.65. The summed E-state index contributed by atoms with van der Waals surface area (Å²) in [7, 11) is 0. The molecule has 1 saturated carbocycles. The molecule has 0 spiro atoms. The van der Waals surface area contributed by atoms with Gasteiger partial charge in [0, 0.05) is 25.2 Å². The van der Waals surface area contributed by atoms with Crippen molar-refractivity contribution in [3.8, 4) is 5.75 Å². The molecule has 0 atom stereocenters. The van der Waals surface area contributed by atoms with E-state index in [2.05, 4.69) is 22.1 Å². The van der Waals surface area contributed by atoms with E-state index in [0.29, 0.717) is 18.3 Å². The van der Waals surface area contributed by atoms with E-state index in [9.17, 15) is 4.79 Å². The molecule has 2 aromatic rings. The average Bonchev–Trinajstić information content (AvgIpc) is 3.31. The molecule has 1 aromatic carbocycles. The lowest BCUT2D eigenvalue weighted by Gasteiger charge is -2.29. The Morgan fingerprint density at radius 2 is 2.08 bits per heavy atom. The fraction of sp³-hybridized carbons (Fsp3) is 0.450. The molecule has 1 amide bonds. The van der Waals surface area contributed by atoms with Crippen LogP contribution in [-0.2, 0) is 13.0 Å². The van der Waals surface area contributed by atoms with E-state index in [0.717, 1.165) is 42.9 Å². The topological polar surface area (TPSA) is 55.3 Å². The molecular weight excluding hydrogens is 314 g/mol. The van der Waals surface area contributed by atoms with Gasteiger partial charge in [-0.15, -0.1) is 0 Å². The largest absolute Gasteiger partial charge is 0.493 e. The van der Waals surface area contributed by atoms with Crippen molar-refractivity contribution in [1.29, 1.82) is 0 Å². The van der Waals surface area contributed by atoms with Crippen molar-refractivity contribution >= 4 is 5.91 Å². The minimum atomic E-state index is -0.0175. The Bertz CT molecular complexity index is 767. The second kappa shape index (κ2) is 6.82. The van der Waals surface area contributed by atoms with Crippen molar-refractivity contribution in [2.75, 3.05) is 6.61 Å². The predicted octanol–water partition coefficient (Wildman–Crippen LogP) is 3.30. The van der Waals surface area contributed by atoms with E-state index in [-0.39, 0.29) is 5.91 Å². The summed E-state index contributed by atoms with van der Waals surface area (Å²) >= 11 is 0. The Labute approximate surface area is 148 Å². The summed E-state index contributed by atoms with van der Waals surface area (Å²) in [4.78, 5) is 23.6. The minimum absolute atomic E-state index is 0.0175. The van der Waals surface area contributed by atoms with Gasteiger partial charge in [-0.1, -0.05) is 25.0 Å². The number of aromatic nitrogens is 2. The maximum atomic E-state index is 13.1.